The van der Waals surface area contributed by atoms with Crippen molar-refractivity contribution in [3.63, 3.8) is 0 Å². The molecule has 0 atom stereocenters. The fraction of sp³-hybridized carbons (Fsp3) is 0.190. The summed E-state index contributed by atoms with van der Waals surface area (Å²) in [5, 5.41) is 5.96. The van der Waals surface area contributed by atoms with Crippen LogP contribution in [0.25, 0.3) is 10.2 Å². The Morgan fingerprint density at radius 1 is 1.16 bits per heavy atom. The molecule has 0 saturated heterocycles. The van der Waals surface area contributed by atoms with Gasteiger partial charge in [0.25, 0.3) is 17.0 Å². The minimum absolute atomic E-state index is 0.0950. The van der Waals surface area contributed by atoms with Crippen molar-refractivity contribution in [2.75, 3.05) is 13.7 Å². The predicted octanol–water partition coefficient (Wildman–Crippen LogP) is 1.89. The minimum atomic E-state index is -0.397. The summed E-state index contributed by atoms with van der Waals surface area (Å²) in [7, 11) is 1.58. The number of aromatic amines is 1. The van der Waals surface area contributed by atoms with Crippen molar-refractivity contribution in [2.45, 2.75) is 13.1 Å². The Kier molecular flexibility index (Phi) is 5.89. The molecule has 158 valence electrons. The summed E-state index contributed by atoms with van der Waals surface area (Å²) in [6.45, 7) is 0.524. The highest BCUT2D eigenvalue weighted by atomic mass is 32.1. The highest BCUT2D eigenvalue weighted by molar-refractivity contribution is 7.17. The SMILES string of the molecule is CN(Cc1nc2ccsc2c(=O)[nH]1)C(=O)c1ccc(=O)n(CCOc2ccccc2)n1. The molecule has 3 aromatic heterocycles. The number of ether oxygens (including phenoxy) is 1. The number of carbonyl (C=O) groups is 1. The van der Waals surface area contributed by atoms with Crippen LogP contribution < -0.4 is 15.9 Å². The highest BCUT2D eigenvalue weighted by Crippen LogP contribution is 2.14. The van der Waals surface area contributed by atoms with Crippen LogP contribution in [0, 0.1) is 0 Å². The van der Waals surface area contributed by atoms with E-state index in [-0.39, 0.29) is 36.5 Å². The quantitative estimate of drug-likeness (QED) is 0.473. The van der Waals surface area contributed by atoms with Crippen LogP contribution in [-0.2, 0) is 13.1 Å². The molecule has 4 aromatic rings. The average Bonchev–Trinajstić information content (AvgIpc) is 3.24. The van der Waals surface area contributed by atoms with Gasteiger partial charge in [-0.15, -0.1) is 11.3 Å². The number of aromatic nitrogens is 4. The fourth-order valence-electron chi connectivity index (χ4n) is 2.98. The summed E-state index contributed by atoms with van der Waals surface area (Å²) in [6, 6.07) is 13.7. The molecule has 0 spiro atoms. The van der Waals surface area contributed by atoms with E-state index in [1.807, 2.05) is 30.3 Å². The molecule has 1 N–H and O–H groups in total. The normalized spacial score (nSPS) is 10.9. The van der Waals surface area contributed by atoms with Crippen LogP contribution in [-0.4, -0.2) is 44.2 Å². The molecule has 1 amide bonds. The van der Waals surface area contributed by atoms with Gasteiger partial charge < -0.3 is 14.6 Å². The molecule has 0 radical (unpaired) electrons. The molecule has 1 aromatic carbocycles. The van der Waals surface area contributed by atoms with Gasteiger partial charge in [-0.3, -0.25) is 14.4 Å². The van der Waals surface area contributed by atoms with Gasteiger partial charge in [0.2, 0.25) is 0 Å². The Hall–Kier alpha value is -3.79. The first-order valence-electron chi connectivity index (χ1n) is 9.49. The zero-order valence-electron chi connectivity index (χ0n) is 16.6. The number of fused-ring (bicyclic) bond motifs is 1. The number of hydrogen-bond acceptors (Lipinski definition) is 7. The zero-order chi connectivity index (χ0) is 21.8. The monoisotopic (exact) mass is 437 g/mol. The molecular weight excluding hydrogens is 418 g/mol. The van der Waals surface area contributed by atoms with E-state index in [9.17, 15) is 14.4 Å². The van der Waals surface area contributed by atoms with Gasteiger partial charge in [-0.25, -0.2) is 9.67 Å². The molecule has 31 heavy (non-hydrogen) atoms. The first-order chi connectivity index (χ1) is 15.0. The standard InChI is InChI=1S/C21H19N5O4S/c1-25(13-17-22-15-9-12-31-19(15)20(28)23-17)21(29)16-7-8-18(27)26(24-16)10-11-30-14-5-3-2-4-6-14/h2-9,12H,10-11,13H2,1H3,(H,22,23,28). The van der Waals surface area contributed by atoms with Gasteiger partial charge in [0.1, 0.15) is 28.6 Å². The van der Waals surface area contributed by atoms with Crippen molar-refractivity contribution >= 4 is 27.5 Å². The van der Waals surface area contributed by atoms with Crippen LogP contribution in [0.3, 0.4) is 0 Å². The van der Waals surface area contributed by atoms with Crippen molar-refractivity contribution in [1.82, 2.24) is 24.6 Å². The Balaban J connectivity index is 1.45. The van der Waals surface area contributed by atoms with E-state index in [1.165, 1.54) is 33.1 Å². The first-order valence-corrected chi connectivity index (χ1v) is 10.4. The molecule has 0 aliphatic heterocycles. The van der Waals surface area contributed by atoms with Crippen molar-refractivity contribution in [2.24, 2.45) is 0 Å². The number of hydrogen-bond donors (Lipinski definition) is 1. The lowest BCUT2D eigenvalue weighted by Gasteiger charge is -2.16. The van der Waals surface area contributed by atoms with Gasteiger partial charge in [0.05, 0.1) is 18.6 Å². The molecule has 0 fully saturated rings. The van der Waals surface area contributed by atoms with Crippen molar-refractivity contribution in [3.05, 3.63) is 86.1 Å². The first kappa shape index (κ1) is 20.5. The average molecular weight is 437 g/mol. The number of nitrogens with one attached hydrogen (secondary N) is 1. The Morgan fingerprint density at radius 2 is 1.97 bits per heavy atom. The van der Waals surface area contributed by atoms with E-state index < -0.39 is 5.91 Å². The number of amides is 1. The van der Waals surface area contributed by atoms with Crippen molar-refractivity contribution in [3.8, 4) is 5.75 Å². The number of benzene rings is 1. The smallest absolute Gasteiger partial charge is 0.274 e. The number of carbonyl (C=O) groups excluding carboxylic acids is 1. The van der Waals surface area contributed by atoms with Crippen LogP contribution in [0.2, 0.25) is 0 Å². The Morgan fingerprint density at radius 3 is 2.77 bits per heavy atom. The second kappa shape index (κ2) is 8.92. The molecule has 10 heteroatoms. The van der Waals surface area contributed by atoms with E-state index in [4.69, 9.17) is 4.74 Å². The number of para-hydroxylation sites is 1. The van der Waals surface area contributed by atoms with Gasteiger partial charge in [-0.1, -0.05) is 18.2 Å². The van der Waals surface area contributed by atoms with Gasteiger partial charge in [0, 0.05) is 13.1 Å². The second-order valence-electron chi connectivity index (χ2n) is 6.75. The maximum absolute atomic E-state index is 12.8. The molecule has 0 unspecified atom stereocenters. The summed E-state index contributed by atoms with van der Waals surface area (Å²) in [5.41, 5.74) is 0.140. The van der Waals surface area contributed by atoms with E-state index in [0.29, 0.717) is 21.8 Å². The topological polar surface area (TPSA) is 110 Å². The summed E-state index contributed by atoms with van der Waals surface area (Å²) >= 11 is 1.31. The number of nitrogens with zero attached hydrogens (tertiary/aromatic N) is 4. The summed E-state index contributed by atoms with van der Waals surface area (Å²) in [4.78, 5) is 45.5. The van der Waals surface area contributed by atoms with E-state index in [2.05, 4.69) is 15.1 Å². The lowest BCUT2D eigenvalue weighted by atomic mass is 10.3. The molecule has 0 bridgehead atoms. The predicted molar refractivity (Wildman–Crippen MR) is 116 cm³/mol. The molecule has 9 nitrogen and oxygen atoms in total. The number of H-pyrrole nitrogens is 1. The van der Waals surface area contributed by atoms with Crippen LogP contribution in [0.4, 0.5) is 0 Å². The fourth-order valence-corrected chi connectivity index (χ4v) is 3.70. The minimum Gasteiger partial charge on any atom is -0.492 e. The molecule has 0 aliphatic carbocycles. The zero-order valence-corrected chi connectivity index (χ0v) is 17.5. The third-order valence-electron chi connectivity index (χ3n) is 4.50. The molecule has 0 aliphatic rings. The van der Waals surface area contributed by atoms with Gasteiger partial charge in [0.15, 0.2) is 0 Å². The molecule has 4 rings (SSSR count). The van der Waals surface area contributed by atoms with Crippen LogP contribution in [0.1, 0.15) is 16.3 Å². The van der Waals surface area contributed by atoms with Crippen LogP contribution in [0.15, 0.2) is 63.5 Å². The second-order valence-corrected chi connectivity index (χ2v) is 7.67. The molecule has 0 saturated carbocycles. The molecule has 3 heterocycles. The molecular formula is C21H19N5O4S. The Bertz CT molecular complexity index is 1330. The maximum Gasteiger partial charge on any atom is 0.274 e. The maximum atomic E-state index is 12.8. The van der Waals surface area contributed by atoms with Crippen LogP contribution >= 0.6 is 11.3 Å². The third-order valence-corrected chi connectivity index (χ3v) is 5.40. The summed E-state index contributed by atoms with van der Waals surface area (Å²) < 4.78 is 7.34. The van der Waals surface area contributed by atoms with Crippen molar-refractivity contribution in [1.29, 1.82) is 0 Å². The van der Waals surface area contributed by atoms with E-state index in [1.54, 1.807) is 18.5 Å². The third kappa shape index (κ3) is 4.69. The van der Waals surface area contributed by atoms with E-state index >= 15 is 0 Å². The van der Waals surface area contributed by atoms with Gasteiger partial charge >= 0.3 is 0 Å². The number of thiophene rings is 1. The van der Waals surface area contributed by atoms with E-state index in [0.717, 1.165) is 0 Å². The van der Waals surface area contributed by atoms with Crippen LogP contribution in [0.5, 0.6) is 5.75 Å². The number of rotatable bonds is 7. The largest absolute Gasteiger partial charge is 0.492 e. The van der Waals surface area contributed by atoms with Gasteiger partial charge in [-0.05, 0) is 29.6 Å². The summed E-state index contributed by atoms with van der Waals surface area (Å²) in [5.74, 6) is 0.661. The van der Waals surface area contributed by atoms with Crippen molar-refractivity contribution < 1.29 is 9.53 Å². The lowest BCUT2D eigenvalue weighted by Crippen LogP contribution is -2.32. The highest BCUT2D eigenvalue weighted by Gasteiger charge is 2.17. The summed E-state index contributed by atoms with van der Waals surface area (Å²) in [6.07, 6.45) is 0. The lowest BCUT2D eigenvalue weighted by molar-refractivity contribution is 0.0772. The Labute approximate surface area is 180 Å². The van der Waals surface area contributed by atoms with Gasteiger partial charge in [-0.2, -0.15) is 5.10 Å².